The van der Waals surface area contributed by atoms with Gasteiger partial charge in [-0.25, -0.2) is 0 Å². The van der Waals surface area contributed by atoms with E-state index in [9.17, 15) is 4.79 Å². The van der Waals surface area contributed by atoms with Crippen molar-refractivity contribution in [1.82, 2.24) is 0 Å². The van der Waals surface area contributed by atoms with Crippen LogP contribution in [0.5, 0.6) is 0 Å². The average Bonchev–Trinajstić information content (AvgIpc) is 1.97. The summed E-state index contributed by atoms with van der Waals surface area (Å²) in [6.45, 7) is 6.68. The Hall–Kier alpha value is -0.570. The average molecular weight is 174 g/mol. The van der Waals surface area contributed by atoms with Crippen molar-refractivity contribution in [3.8, 4) is 0 Å². The summed E-state index contributed by atoms with van der Waals surface area (Å²) in [5.41, 5.74) is 0. The molecule has 0 heterocycles. The minimum absolute atomic E-state index is 0.114. The maximum atomic E-state index is 10.3. The predicted molar refractivity (Wildman–Crippen MR) is 47.1 cm³/mol. The Bertz CT molecular complexity index is 132. The van der Waals surface area contributed by atoms with Gasteiger partial charge in [0.25, 0.3) is 0 Å². The van der Waals surface area contributed by atoms with E-state index in [1.165, 1.54) is 0 Å². The lowest BCUT2D eigenvalue weighted by molar-refractivity contribution is -0.140. The maximum absolute atomic E-state index is 10.3. The van der Waals surface area contributed by atoms with Crippen molar-refractivity contribution in [2.45, 2.75) is 39.7 Å². The molecule has 12 heavy (non-hydrogen) atoms. The van der Waals surface area contributed by atoms with E-state index in [1.807, 2.05) is 20.8 Å². The molecule has 1 atom stereocenters. The number of hydrogen-bond donors (Lipinski definition) is 1. The first-order chi connectivity index (χ1) is 5.56. The van der Waals surface area contributed by atoms with Gasteiger partial charge in [0.15, 0.2) is 0 Å². The summed E-state index contributed by atoms with van der Waals surface area (Å²) in [5.74, 6) is -0.321. The van der Waals surface area contributed by atoms with Gasteiger partial charge in [0.1, 0.15) is 0 Å². The number of carbonyl (C=O) groups is 1. The SMILES string of the molecule is CCC(CC(=O)O)OCC(C)C. The van der Waals surface area contributed by atoms with Crippen molar-refractivity contribution in [3.63, 3.8) is 0 Å². The quantitative estimate of drug-likeness (QED) is 0.669. The van der Waals surface area contributed by atoms with Crippen molar-refractivity contribution in [2.75, 3.05) is 6.61 Å². The monoisotopic (exact) mass is 174 g/mol. The predicted octanol–water partition coefficient (Wildman–Crippen LogP) is 1.91. The van der Waals surface area contributed by atoms with Crippen LogP contribution in [0.4, 0.5) is 0 Å². The number of rotatable bonds is 6. The van der Waals surface area contributed by atoms with E-state index in [1.54, 1.807) is 0 Å². The first-order valence-corrected chi connectivity index (χ1v) is 4.39. The van der Waals surface area contributed by atoms with E-state index in [0.717, 1.165) is 6.42 Å². The van der Waals surface area contributed by atoms with Crippen LogP contribution >= 0.6 is 0 Å². The van der Waals surface area contributed by atoms with Crippen LogP contribution in [0.15, 0.2) is 0 Å². The zero-order chi connectivity index (χ0) is 9.56. The second kappa shape index (κ2) is 6.00. The number of carboxylic acids is 1. The molecular formula is C9H18O3. The molecule has 0 aliphatic rings. The summed E-state index contributed by atoms with van der Waals surface area (Å²) >= 11 is 0. The Labute approximate surface area is 73.7 Å². The topological polar surface area (TPSA) is 46.5 Å². The van der Waals surface area contributed by atoms with E-state index < -0.39 is 5.97 Å². The second-order valence-corrected chi connectivity index (χ2v) is 3.36. The van der Waals surface area contributed by atoms with Gasteiger partial charge < -0.3 is 9.84 Å². The second-order valence-electron chi connectivity index (χ2n) is 3.36. The molecule has 0 saturated carbocycles. The highest BCUT2D eigenvalue weighted by atomic mass is 16.5. The van der Waals surface area contributed by atoms with E-state index in [2.05, 4.69) is 0 Å². The molecule has 3 heteroatoms. The molecule has 0 spiro atoms. The first-order valence-electron chi connectivity index (χ1n) is 4.39. The normalized spacial score (nSPS) is 13.3. The Kier molecular flexibility index (Phi) is 5.72. The summed E-state index contributed by atoms with van der Waals surface area (Å²) in [6, 6.07) is 0. The van der Waals surface area contributed by atoms with Gasteiger partial charge in [-0.05, 0) is 12.3 Å². The highest BCUT2D eigenvalue weighted by Gasteiger charge is 2.11. The molecule has 0 rings (SSSR count). The third-order valence-electron chi connectivity index (χ3n) is 1.52. The van der Waals surface area contributed by atoms with E-state index >= 15 is 0 Å². The van der Waals surface area contributed by atoms with E-state index in [0.29, 0.717) is 12.5 Å². The van der Waals surface area contributed by atoms with Crippen molar-refractivity contribution in [2.24, 2.45) is 5.92 Å². The van der Waals surface area contributed by atoms with Gasteiger partial charge >= 0.3 is 5.97 Å². The molecular weight excluding hydrogens is 156 g/mol. The summed E-state index contributed by atoms with van der Waals surface area (Å²) in [6.07, 6.45) is 0.757. The molecule has 3 nitrogen and oxygen atoms in total. The minimum Gasteiger partial charge on any atom is -0.481 e. The Morgan fingerprint density at radius 2 is 2.08 bits per heavy atom. The standard InChI is InChI=1S/C9H18O3/c1-4-8(5-9(10)11)12-6-7(2)3/h7-8H,4-6H2,1-3H3,(H,10,11). The fraction of sp³-hybridized carbons (Fsp3) is 0.889. The Morgan fingerprint density at radius 3 is 2.42 bits per heavy atom. The van der Waals surface area contributed by atoms with Crippen molar-refractivity contribution >= 4 is 5.97 Å². The van der Waals surface area contributed by atoms with Crippen LogP contribution in [0.1, 0.15) is 33.6 Å². The Morgan fingerprint density at radius 1 is 1.50 bits per heavy atom. The molecule has 0 bridgehead atoms. The van der Waals surface area contributed by atoms with Gasteiger partial charge in [-0.2, -0.15) is 0 Å². The zero-order valence-electron chi connectivity index (χ0n) is 8.04. The molecule has 0 aliphatic carbocycles. The molecule has 72 valence electrons. The fourth-order valence-corrected chi connectivity index (χ4v) is 0.844. The first kappa shape index (κ1) is 11.4. The fourth-order valence-electron chi connectivity index (χ4n) is 0.844. The van der Waals surface area contributed by atoms with Crippen LogP contribution in [0, 0.1) is 5.92 Å². The van der Waals surface area contributed by atoms with Gasteiger partial charge in [-0.3, -0.25) is 4.79 Å². The van der Waals surface area contributed by atoms with Crippen LogP contribution in [-0.2, 0) is 9.53 Å². The highest BCUT2D eigenvalue weighted by Crippen LogP contribution is 2.05. The molecule has 1 unspecified atom stereocenters. The zero-order valence-corrected chi connectivity index (χ0v) is 8.04. The molecule has 0 aromatic carbocycles. The van der Waals surface area contributed by atoms with Crippen molar-refractivity contribution in [1.29, 1.82) is 0 Å². The summed E-state index contributed by atoms with van der Waals surface area (Å²) in [5, 5.41) is 8.50. The van der Waals surface area contributed by atoms with Gasteiger partial charge in [0.2, 0.25) is 0 Å². The molecule has 0 saturated heterocycles. The van der Waals surface area contributed by atoms with Gasteiger partial charge in [0, 0.05) is 6.61 Å². The van der Waals surface area contributed by atoms with Crippen molar-refractivity contribution < 1.29 is 14.6 Å². The Balaban J connectivity index is 3.60. The van der Waals surface area contributed by atoms with Crippen LogP contribution in [0.2, 0.25) is 0 Å². The van der Waals surface area contributed by atoms with Crippen LogP contribution in [0.3, 0.4) is 0 Å². The minimum atomic E-state index is -0.786. The maximum Gasteiger partial charge on any atom is 0.305 e. The smallest absolute Gasteiger partial charge is 0.305 e. The number of ether oxygens (including phenoxy) is 1. The number of carboxylic acid groups (broad SMARTS) is 1. The van der Waals surface area contributed by atoms with Crippen LogP contribution in [0.25, 0.3) is 0 Å². The molecule has 1 N–H and O–H groups in total. The van der Waals surface area contributed by atoms with Crippen LogP contribution < -0.4 is 0 Å². The van der Waals surface area contributed by atoms with Gasteiger partial charge in [-0.15, -0.1) is 0 Å². The largest absolute Gasteiger partial charge is 0.481 e. The third-order valence-corrected chi connectivity index (χ3v) is 1.52. The van der Waals surface area contributed by atoms with Crippen molar-refractivity contribution in [3.05, 3.63) is 0 Å². The molecule has 0 amide bonds. The lowest BCUT2D eigenvalue weighted by Gasteiger charge is -2.15. The van der Waals surface area contributed by atoms with E-state index in [4.69, 9.17) is 9.84 Å². The molecule has 0 aromatic heterocycles. The number of hydrogen-bond acceptors (Lipinski definition) is 2. The molecule has 0 fully saturated rings. The molecule has 0 aromatic rings. The van der Waals surface area contributed by atoms with Crippen LogP contribution in [-0.4, -0.2) is 23.8 Å². The number of aliphatic carboxylic acids is 1. The molecule has 0 aliphatic heterocycles. The summed E-state index contributed by atoms with van der Waals surface area (Å²) in [4.78, 5) is 10.3. The lowest BCUT2D eigenvalue weighted by atomic mass is 10.2. The van der Waals surface area contributed by atoms with Gasteiger partial charge in [-0.1, -0.05) is 20.8 Å². The van der Waals surface area contributed by atoms with Gasteiger partial charge in [0.05, 0.1) is 12.5 Å². The third kappa shape index (κ3) is 6.16. The molecule has 0 radical (unpaired) electrons. The summed E-state index contributed by atoms with van der Waals surface area (Å²) in [7, 11) is 0. The summed E-state index contributed by atoms with van der Waals surface area (Å²) < 4.78 is 5.38. The highest BCUT2D eigenvalue weighted by molar-refractivity contribution is 5.67. The van der Waals surface area contributed by atoms with E-state index in [-0.39, 0.29) is 12.5 Å². The lowest BCUT2D eigenvalue weighted by Crippen LogP contribution is -2.19.